The van der Waals surface area contributed by atoms with Crippen molar-refractivity contribution in [2.24, 2.45) is 5.10 Å². The van der Waals surface area contributed by atoms with E-state index in [4.69, 9.17) is 0 Å². The van der Waals surface area contributed by atoms with Gasteiger partial charge in [-0.2, -0.15) is 5.10 Å². The largest absolute Gasteiger partial charge is 0.465 e. The van der Waals surface area contributed by atoms with Crippen LogP contribution in [0.1, 0.15) is 29.3 Å². The molecule has 7 nitrogen and oxygen atoms in total. The molecule has 0 radical (unpaired) electrons. The Bertz CT molecular complexity index is 538. The van der Waals surface area contributed by atoms with E-state index in [9.17, 15) is 14.4 Å². The van der Waals surface area contributed by atoms with Gasteiger partial charge in [-0.1, -0.05) is 19.1 Å². The SMILES string of the molecule is CCCNC(=O)C(=O)N/N=C/c1ccc(C(=O)OC)cc1. The van der Waals surface area contributed by atoms with Crippen LogP contribution in [-0.2, 0) is 14.3 Å². The normalized spacial score (nSPS) is 10.2. The van der Waals surface area contributed by atoms with Gasteiger partial charge >= 0.3 is 17.8 Å². The van der Waals surface area contributed by atoms with Gasteiger partial charge in [-0.3, -0.25) is 9.59 Å². The highest BCUT2D eigenvalue weighted by Gasteiger charge is 2.10. The minimum Gasteiger partial charge on any atom is -0.465 e. The van der Waals surface area contributed by atoms with Gasteiger partial charge in [0, 0.05) is 6.54 Å². The van der Waals surface area contributed by atoms with Gasteiger partial charge in [-0.05, 0) is 24.1 Å². The summed E-state index contributed by atoms with van der Waals surface area (Å²) in [7, 11) is 1.30. The minimum atomic E-state index is -0.828. The highest BCUT2D eigenvalue weighted by molar-refractivity contribution is 6.35. The fraction of sp³-hybridized carbons (Fsp3) is 0.286. The van der Waals surface area contributed by atoms with Gasteiger partial charge in [0.25, 0.3) is 0 Å². The fourth-order valence-electron chi connectivity index (χ4n) is 1.36. The fourth-order valence-corrected chi connectivity index (χ4v) is 1.36. The number of nitrogens with one attached hydrogen (secondary N) is 2. The summed E-state index contributed by atoms with van der Waals surface area (Å²) < 4.78 is 4.57. The number of esters is 1. The maximum Gasteiger partial charge on any atom is 0.337 e. The zero-order valence-corrected chi connectivity index (χ0v) is 11.9. The van der Waals surface area contributed by atoms with E-state index in [0.29, 0.717) is 17.7 Å². The second-order valence-electron chi connectivity index (χ2n) is 4.07. The highest BCUT2D eigenvalue weighted by Crippen LogP contribution is 2.03. The average Bonchev–Trinajstić information content (AvgIpc) is 2.52. The van der Waals surface area contributed by atoms with Crippen molar-refractivity contribution in [3.63, 3.8) is 0 Å². The Morgan fingerprint density at radius 1 is 1.19 bits per heavy atom. The molecule has 2 amide bonds. The number of rotatable bonds is 5. The number of ether oxygens (including phenoxy) is 1. The van der Waals surface area contributed by atoms with Crippen molar-refractivity contribution in [2.45, 2.75) is 13.3 Å². The summed E-state index contributed by atoms with van der Waals surface area (Å²) >= 11 is 0. The number of carbonyl (C=O) groups excluding carboxylic acids is 3. The molecule has 0 unspecified atom stereocenters. The predicted octanol–water partition coefficient (Wildman–Crippen LogP) is 0.450. The molecule has 1 aromatic rings. The molecular weight excluding hydrogens is 274 g/mol. The Balaban J connectivity index is 2.51. The van der Waals surface area contributed by atoms with Gasteiger partial charge in [0.1, 0.15) is 0 Å². The first kappa shape index (κ1) is 16.4. The first-order valence-corrected chi connectivity index (χ1v) is 6.38. The molecule has 0 spiro atoms. The molecule has 0 heterocycles. The van der Waals surface area contributed by atoms with Crippen LogP contribution in [0.2, 0.25) is 0 Å². The van der Waals surface area contributed by atoms with Crippen molar-refractivity contribution in [2.75, 3.05) is 13.7 Å². The lowest BCUT2D eigenvalue weighted by molar-refractivity contribution is -0.139. The molecule has 0 saturated heterocycles. The van der Waals surface area contributed by atoms with Crippen molar-refractivity contribution in [3.8, 4) is 0 Å². The summed E-state index contributed by atoms with van der Waals surface area (Å²) in [5.41, 5.74) is 3.19. The van der Waals surface area contributed by atoms with Crippen LogP contribution in [0.15, 0.2) is 29.4 Å². The lowest BCUT2D eigenvalue weighted by atomic mass is 10.1. The van der Waals surface area contributed by atoms with Crippen LogP contribution in [0.25, 0.3) is 0 Å². The summed E-state index contributed by atoms with van der Waals surface area (Å²) in [5.74, 6) is -1.99. The summed E-state index contributed by atoms with van der Waals surface area (Å²) in [6.07, 6.45) is 2.11. The average molecular weight is 291 g/mol. The molecular formula is C14H17N3O4. The van der Waals surface area contributed by atoms with E-state index < -0.39 is 17.8 Å². The Morgan fingerprint density at radius 3 is 2.43 bits per heavy atom. The molecule has 0 aliphatic carbocycles. The van der Waals surface area contributed by atoms with Gasteiger partial charge in [0.2, 0.25) is 0 Å². The second-order valence-corrected chi connectivity index (χ2v) is 4.07. The molecule has 21 heavy (non-hydrogen) atoms. The van der Waals surface area contributed by atoms with Crippen LogP contribution in [0.4, 0.5) is 0 Å². The van der Waals surface area contributed by atoms with Crippen LogP contribution < -0.4 is 10.7 Å². The standard InChI is InChI=1S/C14H17N3O4/c1-3-8-15-12(18)13(19)17-16-9-10-4-6-11(7-5-10)14(20)21-2/h4-7,9H,3,8H2,1-2H3,(H,15,18)(H,17,19)/b16-9+. The van der Waals surface area contributed by atoms with Crippen LogP contribution >= 0.6 is 0 Å². The first-order valence-electron chi connectivity index (χ1n) is 6.38. The molecule has 112 valence electrons. The molecule has 7 heteroatoms. The van der Waals surface area contributed by atoms with Crippen LogP contribution in [0.5, 0.6) is 0 Å². The maximum absolute atomic E-state index is 11.3. The molecule has 0 fully saturated rings. The lowest BCUT2D eigenvalue weighted by Gasteiger charge is -2.01. The van der Waals surface area contributed by atoms with Crippen LogP contribution in [-0.4, -0.2) is 37.7 Å². The van der Waals surface area contributed by atoms with E-state index in [1.165, 1.54) is 13.3 Å². The number of hydrogen-bond donors (Lipinski definition) is 2. The number of amides is 2. The molecule has 0 aromatic heterocycles. The quantitative estimate of drug-likeness (QED) is 0.356. The first-order chi connectivity index (χ1) is 10.1. The Hall–Kier alpha value is -2.70. The molecule has 1 rings (SSSR count). The van der Waals surface area contributed by atoms with Crippen molar-refractivity contribution in [3.05, 3.63) is 35.4 Å². The summed E-state index contributed by atoms with van der Waals surface area (Å²) in [6, 6.07) is 6.42. The van der Waals surface area contributed by atoms with Gasteiger partial charge in [0.15, 0.2) is 0 Å². The molecule has 0 atom stereocenters. The Kier molecular flexibility index (Phi) is 6.59. The third-order valence-electron chi connectivity index (χ3n) is 2.45. The van der Waals surface area contributed by atoms with Crippen molar-refractivity contribution >= 4 is 24.0 Å². The zero-order chi connectivity index (χ0) is 15.7. The molecule has 0 saturated carbocycles. The summed E-state index contributed by atoms with van der Waals surface area (Å²) in [5, 5.41) is 6.09. The second kappa shape index (κ2) is 8.47. The van der Waals surface area contributed by atoms with E-state index in [-0.39, 0.29) is 0 Å². The molecule has 0 bridgehead atoms. The number of hydrogen-bond acceptors (Lipinski definition) is 5. The van der Waals surface area contributed by atoms with Crippen molar-refractivity contribution < 1.29 is 19.1 Å². The van der Waals surface area contributed by atoms with Crippen molar-refractivity contribution in [1.82, 2.24) is 10.7 Å². The molecule has 0 aliphatic rings. The number of benzene rings is 1. The van der Waals surface area contributed by atoms with E-state index >= 15 is 0 Å². The van der Waals surface area contributed by atoms with Gasteiger partial charge in [-0.25, -0.2) is 10.2 Å². The van der Waals surface area contributed by atoms with Gasteiger partial charge in [-0.15, -0.1) is 0 Å². The minimum absolute atomic E-state index is 0.414. The number of hydrazone groups is 1. The zero-order valence-electron chi connectivity index (χ0n) is 11.9. The molecule has 0 aliphatic heterocycles. The highest BCUT2D eigenvalue weighted by atomic mass is 16.5. The summed E-state index contributed by atoms with van der Waals surface area (Å²) in [4.78, 5) is 33.8. The van der Waals surface area contributed by atoms with E-state index in [1.807, 2.05) is 6.92 Å². The topological polar surface area (TPSA) is 96.9 Å². The monoisotopic (exact) mass is 291 g/mol. The molecule has 1 aromatic carbocycles. The Morgan fingerprint density at radius 2 is 1.86 bits per heavy atom. The van der Waals surface area contributed by atoms with Gasteiger partial charge in [0.05, 0.1) is 18.9 Å². The maximum atomic E-state index is 11.3. The number of nitrogens with zero attached hydrogens (tertiary/aromatic N) is 1. The van der Waals surface area contributed by atoms with E-state index in [2.05, 4.69) is 20.6 Å². The van der Waals surface area contributed by atoms with Crippen LogP contribution in [0.3, 0.4) is 0 Å². The van der Waals surface area contributed by atoms with Crippen LogP contribution in [0, 0.1) is 0 Å². The third kappa shape index (κ3) is 5.43. The summed E-state index contributed by atoms with van der Waals surface area (Å²) in [6.45, 7) is 2.32. The molecule has 2 N–H and O–H groups in total. The van der Waals surface area contributed by atoms with E-state index in [0.717, 1.165) is 6.42 Å². The number of carbonyl (C=O) groups is 3. The van der Waals surface area contributed by atoms with Crippen molar-refractivity contribution in [1.29, 1.82) is 0 Å². The lowest BCUT2D eigenvalue weighted by Crippen LogP contribution is -2.38. The Labute approximate surface area is 122 Å². The van der Waals surface area contributed by atoms with Gasteiger partial charge < -0.3 is 10.1 Å². The number of methoxy groups -OCH3 is 1. The smallest absolute Gasteiger partial charge is 0.337 e. The van der Waals surface area contributed by atoms with E-state index in [1.54, 1.807) is 24.3 Å². The predicted molar refractivity (Wildman–Crippen MR) is 76.8 cm³/mol. The third-order valence-corrected chi connectivity index (χ3v) is 2.45.